The lowest BCUT2D eigenvalue weighted by Crippen LogP contribution is -2.28. The molecule has 5 heteroatoms. The molecule has 1 aromatic heterocycles. The van der Waals surface area contributed by atoms with Crippen LogP contribution in [0.25, 0.3) is 22.2 Å². The van der Waals surface area contributed by atoms with E-state index in [1.54, 1.807) is 12.1 Å². The summed E-state index contributed by atoms with van der Waals surface area (Å²) in [4.78, 5) is 18.5. The number of nitrogens with zero attached hydrogens (tertiary/aromatic N) is 2. The number of aromatic nitrogens is 1. The summed E-state index contributed by atoms with van der Waals surface area (Å²) in [7, 11) is 0. The molecule has 0 spiro atoms. The molecular weight excluding hydrogens is 365 g/mol. The number of carbonyl (C=O) groups is 1. The first-order valence-electron chi connectivity index (χ1n) is 10.2. The molecule has 1 saturated heterocycles. The highest BCUT2D eigenvalue weighted by Gasteiger charge is 2.19. The van der Waals surface area contributed by atoms with Gasteiger partial charge in [-0.25, -0.2) is 9.37 Å². The molecule has 150 valence electrons. The van der Waals surface area contributed by atoms with Crippen LogP contribution in [-0.4, -0.2) is 35.4 Å². The number of hydrogen-bond acceptors (Lipinski definition) is 3. The Labute approximate surface area is 170 Å². The van der Waals surface area contributed by atoms with Gasteiger partial charge in [0.1, 0.15) is 5.82 Å². The van der Waals surface area contributed by atoms with Crippen molar-refractivity contribution >= 4 is 16.8 Å². The first-order chi connectivity index (χ1) is 14.1. The van der Waals surface area contributed by atoms with Crippen molar-refractivity contribution in [3.63, 3.8) is 0 Å². The van der Waals surface area contributed by atoms with Gasteiger partial charge in [-0.05, 0) is 74.3 Å². The summed E-state index contributed by atoms with van der Waals surface area (Å²) >= 11 is 0. The minimum Gasteiger partial charge on any atom is -0.343 e. The Kier molecular flexibility index (Phi) is 5.86. The van der Waals surface area contributed by atoms with Gasteiger partial charge in [0.25, 0.3) is 0 Å². The highest BCUT2D eigenvalue weighted by Crippen LogP contribution is 2.26. The van der Waals surface area contributed by atoms with Crippen molar-refractivity contribution in [1.82, 2.24) is 15.2 Å². The Balaban J connectivity index is 1.50. The number of fused-ring (bicyclic) bond motifs is 1. The van der Waals surface area contributed by atoms with Crippen LogP contribution in [-0.2, 0) is 11.3 Å². The van der Waals surface area contributed by atoms with Gasteiger partial charge in [-0.1, -0.05) is 11.6 Å². The average molecular weight is 391 g/mol. The number of amides is 1. The second-order valence-corrected chi connectivity index (χ2v) is 7.71. The maximum Gasteiger partial charge on any atom is 0.222 e. The summed E-state index contributed by atoms with van der Waals surface area (Å²) in [5.41, 5.74) is 5.01. The van der Waals surface area contributed by atoms with Crippen molar-refractivity contribution in [2.75, 3.05) is 19.6 Å². The second-order valence-electron chi connectivity index (χ2n) is 7.71. The average Bonchev–Trinajstić information content (AvgIpc) is 3.12. The molecule has 1 aliphatic heterocycles. The first kappa shape index (κ1) is 19.5. The summed E-state index contributed by atoms with van der Waals surface area (Å²) in [6.07, 6.45) is 2.60. The maximum absolute atomic E-state index is 13.4. The predicted molar refractivity (Wildman–Crippen MR) is 114 cm³/mol. The van der Waals surface area contributed by atoms with Crippen molar-refractivity contribution in [2.24, 2.45) is 0 Å². The van der Waals surface area contributed by atoms with E-state index >= 15 is 0 Å². The van der Waals surface area contributed by atoms with Crippen LogP contribution in [0.15, 0.2) is 48.5 Å². The highest BCUT2D eigenvalue weighted by molar-refractivity contribution is 5.84. The summed E-state index contributed by atoms with van der Waals surface area (Å²) < 4.78 is 13.4. The van der Waals surface area contributed by atoms with E-state index in [2.05, 4.69) is 30.4 Å². The number of hydrogen-bond donors (Lipinski definition) is 1. The molecule has 0 saturated carbocycles. The molecule has 1 N–H and O–H groups in total. The van der Waals surface area contributed by atoms with Crippen LogP contribution in [0.1, 0.15) is 30.4 Å². The third-order valence-corrected chi connectivity index (χ3v) is 5.44. The van der Waals surface area contributed by atoms with Gasteiger partial charge in [0, 0.05) is 37.0 Å². The number of nitrogens with one attached hydrogen (secondary N) is 1. The van der Waals surface area contributed by atoms with E-state index in [1.807, 2.05) is 11.0 Å². The molecule has 0 unspecified atom stereocenters. The minimum atomic E-state index is -0.249. The molecule has 4 rings (SSSR count). The van der Waals surface area contributed by atoms with Gasteiger partial charge in [0.15, 0.2) is 0 Å². The van der Waals surface area contributed by atoms with Crippen molar-refractivity contribution in [2.45, 2.75) is 32.7 Å². The Bertz CT molecular complexity index is 1020. The Morgan fingerprint density at radius 3 is 2.72 bits per heavy atom. The molecule has 1 amide bonds. The smallest absolute Gasteiger partial charge is 0.222 e. The van der Waals surface area contributed by atoms with Gasteiger partial charge >= 0.3 is 0 Å². The van der Waals surface area contributed by atoms with Crippen LogP contribution < -0.4 is 5.32 Å². The molecule has 29 heavy (non-hydrogen) atoms. The van der Waals surface area contributed by atoms with E-state index in [9.17, 15) is 9.18 Å². The Morgan fingerprint density at radius 1 is 1.14 bits per heavy atom. The van der Waals surface area contributed by atoms with Crippen LogP contribution in [0.5, 0.6) is 0 Å². The van der Waals surface area contributed by atoms with Crippen LogP contribution in [0.2, 0.25) is 0 Å². The van der Waals surface area contributed by atoms with E-state index in [0.29, 0.717) is 13.0 Å². The molecule has 0 bridgehead atoms. The van der Waals surface area contributed by atoms with Crippen molar-refractivity contribution < 1.29 is 9.18 Å². The number of aryl methyl sites for hydroxylation is 1. The van der Waals surface area contributed by atoms with Crippen LogP contribution >= 0.6 is 0 Å². The minimum absolute atomic E-state index is 0.249. The number of halogens is 1. The largest absolute Gasteiger partial charge is 0.343 e. The predicted octanol–water partition coefficient (Wildman–Crippen LogP) is 4.45. The van der Waals surface area contributed by atoms with Crippen LogP contribution in [0, 0.1) is 12.7 Å². The summed E-state index contributed by atoms with van der Waals surface area (Å²) in [5, 5.41) is 4.60. The molecule has 3 aromatic rings. The summed E-state index contributed by atoms with van der Waals surface area (Å²) in [6, 6.07) is 14.9. The number of rotatable bonds is 7. The lowest BCUT2D eigenvalue weighted by atomic mass is 10.0. The number of pyridine rings is 1. The number of benzene rings is 2. The topological polar surface area (TPSA) is 45.2 Å². The lowest BCUT2D eigenvalue weighted by molar-refractivity contribution is -0.127. The first-order valence-corrected chi connectivity index (χ1v) is 10.2. The normalized spacial score (nSPS) is 14.1. The SMILES string of the molecule is Cc1ccc2nc(-c3ccc(F)cc3)c(CNCCCN3CCCC3=O)cc2c1. The third kappa shape index (κ3) is 4.62. The van der Waals surface area contributed by atoms with Crippen molar-refractivity contribution in [3.8, 4) is 11.3 Å². The van der Waals surface area contributed by atoms with Gasteiger partial charge in [-0.2, -0.15) is 0 Å². The fraction of sp³-hybridized carbons (Fsp3) is 0.333. The van der Waals surface area contributed by atoms with Crippen molar-refractivity contribution in [3.05, 3.63) is 65.5 Å². The summed E-state index contributed by atoms with van der Waals surface area (Å²) in [6.45, 7) is 5.29. The molecule has 0 radical (unpaired) electrons. The number of likely N-dealkylation sites (tertiary alicyclic amines) is 1. The van der Waals surface area contributed by atoms with Crippen LogP contribution in [0.4, 0.5) is 4.39 Å². The quantitative estimate of drug-likeness (QED) is 0.605. The highest BCUT2D eigenvalue weighted by atomic mass is 19.1. The van der Waals surface area contributed by atoms with Gasteiger partial charge in [0.05, 0.1) is 11.2 Å². The zero-order valence-electron chi connectivity index (χ0n) is 16.7. The molecule has 1 fully saturated rings. The zero-order chi connectivity index (χ0) is 20.2. The standard InChI is InChI=1S/C24H26FN3O/c1-17-5-10-22-19(14-17)15-20(24(27-22)18-6-8-21(25)9-7-18)16-26-11-3-13-28-12-2-4-23(28)29/h5-10,14-15,26H,2-4,11-13,16H2,1H3. The van der Waals surface area contributed by atoms with E-state index in [1.165, 1.54) is 17.7 Å². The van der Waals surface area contributed by atoms with Crippen LogP contribution in [0.3, 0.4) is 0 Å². The molecular formula is C24H26FN3O. The van der Waals surface area contributed by atoms with Gasteiger partial charge in [0.2, 0.25) is 5.91 Å². The second kappa shape index (κ2) is 8.70. The molecule has 2 aromatic carbocycles. The third-order valence-electron chi connectivity index (χ3n) is 5.44. The molecule has 0 atom stereocenters. The molecule has 2 heterocycles. The summed E-state index contributed by atoms with van der Waals surface area (Å²) in [5.74, 6) is 0.0268. The molecule has 0 aliphatic carbocycles. The Morgan fingerprint density at radius 2 is 1.97 bits per heavy atom. The van der Waals surface area contributed by atoms with E-state index in [4.69, 9.17) is 4.98 Å². The van der Waals surface area contributed by atoms with Gasteiger partial charge in [-0.15, -0.1) is 0 Å². The molecule has 1 aliphatic rings. The van der Waals surface area contributed by atoms with E-state index in [-0.39, 0.29) is 11.7 Å². The van der Waals surface area contributed by atoms with Crippen molar-refractivity contribution in [1.29, 1.82) is 0 Å². The number of carbonyl (C=O) groups excluding carboxylic acids is 1. The molecule has 4 nitrogen and oxygen atoms in total. The van der Waals surface area contributed by atoms with Gasteiger partial charge < -0.3 is 10.2 Å². The maximum atomic E-state index is 13.4. The fourth-order valence-electron chi connectivity index (χ4n) is 3.89. The van der Waals surface area contributed by atoms with E-state index < -0.39 is 0 Å². The fourth-order valence-corrected chi connectivity index (χ4v) is 3.89. The Hall–Kier alpha value is -2.79. The zero-order valence-corrected chi connectivity index (χ0v) is 16.7. The lowest BCUT2D eigenvalue weighted by Gasteiger charge is -2.16. The monoisotopic (exact) mass is 391 g/mol. The van der Waals surface area contributed by atoms with Gasteiger partial charge in [-0.3, -0.25) is 4.79 Å². The van der Waals surface area contributed by atoms with E-state index in [0.717, 1.165) is 60.2 Å².